The summed E-state index contributed by atoms with van der Waals surface area (Å²) < 4.78 is 5.41. The Morgan fingerprint density at radius 2 is 2.41 bits per heavy atom. The van der Waals surface area contributed by atoms with Crippen molar-refractivity contribution in [2.24, 2.45) is 0 Å². The smallest absolute Gasteiger partial charge is 0.258 e. The highest BCUT2D eigenvalue weighted by atomic mass is 32.1. The normalized spacial score (nSPS) is 14.8. The minimum Gasteiger partial charge on any atom is -0.467 e. The van der Waals surface area contributed by atoms with Gasteiger partial charge in [-0.05, 0) is 24.3 Å². The summed E-state index contributed by atoms with van der Waals surface area (Å²) in [6, 6.07) is 2.26. The van der Waals surface area contributed by atoms with E-state index in [0.29, 0.717) is 11.9 Å². The van der Waals surface area contributed by atoms with Gasteiger partial charge in [0.1, 0.15) is 11.2 Å². The van der Waals surface area contributed by atoms with Crippen LogP contribution in [0, 0.1) is 0 Å². The molecule has 2 aromatic rings. The number of aromatic nitrogens is 2. The van der Waals surface area contributed by atoms with Crippen LogP contribution in [0.1, 0.15) is 12.8 Å². The summed E-state index contributed by atoms with van der Waals surface area (Å²) in [5, 5.41) is 5.65. The molecule has 0 aromatic carbocycles. The third-order valence-corrected chi connectivity index (χ3v) is 3.33. The Bertz CT molecular complexity index is 550. The molecule has 0 bridgehead atoms. The van der Waals surface area contributed by atoms with Gasteiger partial charge in [-0.2, -0.15) is 0 Å². The maximum absolute atomic E-state index is 11.5. The van der Waals surface area contributed by atoms with E-state index in [1.54, 1.807) is 0 Å². The molecular weight excluding hydrogens is 238 g/mol. The summed E-state index contributed by atoms with van der Waals surface area (Å²) in [5.41, 5.74) is 0. The molecule has 0 aliphatic heterocycles. The summed E-state index contributed by atoms with van der Waals surface area (Å²) in [7, 11) is 0. The first-order chi connectivity index (χ1) is 8.33. The minimum atomic E-state index is -0.0884. The highest BCUT2D eigenvalue weighted by Gasteiger charge is 2.23. The molecule has 0 unspecified atom stereocenters. The Kier molecular flexibility index (Phi) is 2.64. The fraction of sp³-hybridized carbons (Fsp3) is 0.364. The number of nitrogens with zero attached hydrogens (tertiary/aromatic N) is 2. The van der Waals surface area contributed by atoms with Gasteiger partial charge in [0.15, 0.2) is 6.61 Å². The van der Waals surface area contributed by atoms with Crippen LogP contribution in [0.4, 0.5) is 0 Å². The van der Waals surface area contributed by atoms with Crippen LogP contribution >= 0.6 is 11.3 Å². The minimum absolute atomic E-state index is 0.0124. The van der Waals surface area contributed by atoms with Crippen molar-refractivity contribution in [3.05, 3.63) is 17.8 Å². The van der Waals surface area contributed by atoms with E-state index in [9.17, 15) is 4.79 Å². The van der Waals surface area contributed by atoms with Gasteiger partial charge in [-0.1, -0.05) is 0 Å². The van der Waals surface area contributed by atoms with Gasteiger partial charge >= 0.3 is 0 Å². The lowest BCUT2D eigenvalue weighted by Gasteiger charge is -2.06. The van der Waals surface area contributed by atoms with Crippen molar-refractivity contribution >= 4 is 27.5 Å². The zero-order valence-corrected chi connectivity index (χ0v) is 9.87. The second-order valence-electron chi connectivity index (χ2n) is 3.95. The number of hydrogen-bond donors (Lipinski definition) is 1. The predicted octanol–water partition coefficient (Wildman–Crippen LogP) is 1.35. The van der Waals surface area contributed by atoms with Crippen LogP contribution in [0.3, 0.4) is 0 Å². The molecule has 17 heavy (non-hydrogen) atoms. The van der Waals surface area contributed by atoms with Gasteiger partial charge in [0.05, 0.1) is 5.39 Å². The highest BCUT2D eigenvalue weighted by molar-refractivity contribution is 7.16. The van der Waals surface area contributed by atoms with Gasteiger partial charge in [-0.3, -0.25) is 4.79 Å². The number of hydrogen-bond acceptors (Lipinski definition) is 5. The first-order valence-electron chi connectivity index (χ1n) is 5.43. The molecule has 2 aromatic heterocycles. The van der Waals surface area contributed by atoms with E-state index < -0.39 is 0 Å². The Labute approximate surface area is 102 Å². The van der Waals surface area contributed by atoms with E-state index in [-0.39, 0.29) is 12.5 Å². The quantitative estimate of drug-likeness (QED) is 0.888. The van der Waals surface area contributed by atoms with E-state index in [0.717, 1.165) is 23.1 Å². The molecule has 0 saturated heterocycles. The van der Waals surface area contributed by atoms with Crippen molar-refractivity contribution in [1.29, 1.82) is 0 Å². The fourth-order valence-electron chi connectivity index (χ4n) is 1.51. The maximum Gasteiger partial charge on any atom is 0.258 e. The lowest BCUT2D eigenvalue weighted by molar-refractivity contribution is -0.123. The molecule has 1 amide bonds. The van der Waals surface area contributed by atoms with Crippen molar-refractivity contribution in [1.82, 2.24) is 15.3 Å². The Morgan fingerprint density at radius 3 is 3.24 bits per heavy atom. The molecule has 0 radical (unpaired) electrons. The van der Waals surface area contributed by atoms with Gasteiger partial charge in [-0.25, -0.2) is 9.97 Å². The zero-order chi connectivity index (χ0) is 11.7. The molecular formula is C11H11N3O2S. The molecule has 1 N–H and O–H groups in total. The summed E-state index contributed by atoms with van der Waals surface area (Å²) in [6.45, 7) is 0.0124. The van der Waals surface area contributed by atoms with Gasteiger partial charge in [-0.15, -0.1) is 11.3 Å². The molecule has 88 valence electrons. The Morgan fingerprint density at radius 1 is 1.53 bits per heavy atom. The van der Waals surface area contributed by atoms with Crippen LogP contribution < -0.4 is 10.1 Å². The third-order valence-electron chi connectivity index (χ3n) is 2.51. The van der Waals surface area contributed by atoms with E-state index in [1.807, 2.05) is 11.4 Å². The largest absolute Gasteiger partial charge is 0.467 e. The van der Waals surface area contributed by atoms with Crippen molar-refractivity contribution in [3.63, 3.8) is 0 Å². The average molecular weight is 249 g/mol. The molecule has 0 spiro atoms. The molecule has 6 heteroatoms. The van der Waals surface area contributed by atoms with Crippen LogP contribution in [0.15, 0.2) is 17.8 Å². The SMILES string of the molecule is O=C(COc1ncnc2sccc12)NC1CC1. The van der Waals surface area contributed by atoms with Crippen LogP contribution in [0.5, 0.6) is 5.88 Å². The highest BCUT2D eigenvalue weighted by Crippen LogP contribution is 2.25. The zero-order valence-electron chi connectivity index (χ0n) is 9.05. The van der Waals surface area contributed by atoms with Gasteiger partial charge in [0.2, 0.25) is 5.88 Å². The molecule has 1 aliphatic rings. The van der Waals surface area contributed by atoms with Crippen molar-refractivity contribution in [2.75, 3.05) is 6.61 Å². The topological polar surface area (TPSA) is 64.1 Å². The number of fused-ring (bicyclic) bond motifs is 1. The fourth-order valence-corrected chi connectivity index (χ4v) is 2.24. The first kappa shape index (κ1) is 10.5. The van der Waals surface area contributed by atoms with Gasteiger partial charge in [0, 0.05) is 6.04 Å². The van der Waals surface area contributed by atoms with Crippen molar-refractivity contribution < 1.29 is 9.53 Å². The second kappa shape index (κ2) is 4.29. The summed E-state index contributed by atoms with van der Waals surface area (Å²) in [4.78, 5) is 20.5. The predicted molar refractivity (Wildman–Crippen MR) is 64.1 cm³/mol. The number of carbonyl (C=O) groups excluding carboxylic acids is 1. The number of ether oxygens (including phenoxy) is 1. The molecule has 2 heterocycles. The summed E-state index contributed by atoms with van der Waals surface area (Å²) in [6.07, 6.45) is 3.61. The van der Waals surface area contributed by atoms with Gasteiger partial charge in [0.25, 0.3) is 5.91 Å². The van der Waals surface area contributed by atoms with Crippen molar-refractivity contribution in [2.45, 2.75) is 18.9 Å². The van der Waals surface area contributed by atoms with Gasteiger partial charge < -0.3 is 10.1 Å². The van der Waals surface area contributed by atoms with E-state index in [1.165, 1.54) is 17.7 Å². The van der Waals surface area contributed by atoms with E-state index >= 15 is 0 Å². The Hall–Kier alpha value is -1.69. The second-order valence-corrected chi connectivity index (χ2v) is 4.84. The lowest BCUT2D eigenvalue weighted by Crippen LogP contribution is -2.30. The van der Waals surface area contributed by atoms with Crippen molar-refractivity contribution in [3.8, 4) is 5.88 Å². The molecule has 3 rings (SSSR count). The average Bonchev–Trinajstić information content (AvgIpc) is 3.00. The van der Waals surface area contributed by atoms with Crippen LogP contribution in [-0.2, 0) is 4.79 Å². The van der Waals surface area contributed by atoms with Crippen LogP contribution in [0.2, 0.25) is 0 Å². The molecule has 0 atom stereocenters. The summed E-state index contributed by atoms with van der Waals surface area (Å²) >= 11 is 1.52. The number of amides is 1. The maximum atomic E-state index is 11.5. The third kappa shape index (κ3) is 2.36. The Balaban J connectivity index is 1.67. The molecule has 1 aliphatic carbocycles. The van der Waals surface area contributed by atoms with E-state index in [2.05, 4.69) is 15.3 Å². The van der Waals surface area contributed by atoms with Crippen LogP contribution in [-0.4, -0.2) is 28.5 Å². The number of thiophene rings is 1. The lowest BCUT2D eigenvalue weighted by atomic mass is 10.4. The number of rotatable bonds is 4. The number of carbonyl (C=O) groups is 1. The molecule has 1 fully saturated rings. The van der Waals surface area contributed by atoms with E-state index in [4.69, 9.17) is 4.74 Å². The first-order valence-corrected chi connectivity index (χ1v) is 6.31. The number of nitrogens with one attached hydrogen (secondary N) is 1. The monoisotopic (exact) mass is 249 g/mol. The summed E-state index contributed by atoms with van der Waals surface area (Å²) in [5.74, 6) is 0.386. The van der Waals surface area contributed by atoms with Crippen LogP contribution in [0.25, 0.3) is 10.2 Å². The molecule has 1 saturated carbocycles. The molecule has 5 nitrogen and oxygen atoms in total. The standard InChI is InChI=1S/C11H11N3O2S/c15-9(14-7-1-2-7)5-16-10-8-3-4-17-11(8)13-6-12-10/h3-4,6-7H,1-2,5H2,(H,14,15).